The van der Waals surface area contributed by atoms with E-state index in [9.17, 15) is 9.59 Å². The highest BCUT2D eigenvalue weighted by Crippen LogP contribution is 2.18. The number of aryl methyl sites for hydroxylation is 2. The van der Waals surface area contributed by atoms with Crippen LogP contribution in [0, 0.1) is 13.8 Å². The molecule has 0 spiro atoms. The summed E-state index contributed by atoms with van der Waals surface area (Å²) < 4.78 is 0. The zero-order chi connectivity index (χ0) is 22.1. The Kier molecular flexibility index (Phi) is 9.44. The van der Waals surface area contributed by atoms with Crippen molar-refractivity contribution in [2.75, 3.05) is 5.75 Å². The maximum absolute atomic E-state index is 13.1. The Labute approximate surface area is 185 Å². The second kappa shape index (κ2) is 11.8. The minimum atomic E-state index is -0.520. The van der Waals surface area contributed by atoms with Crippen LogP contribution in [0.5, 0.6) is 0 Å². The molecule has 2 atom stereocenters. The average Bonchev–Trinajstić information content (AvgIpc) is 2.71. The lowest BCUT2D eigenvalue weighted by molar-refractivity contribution is -0.138. The fraction of sp³-hybridized carbons (Fsp3) is 0.440. The van der Waals surface area contributed by atoms with Gasteiger partial charge in [-0.05, 0) is 45.2 Å². The molecule has 2 aromatic carbocycles. The lowest BCUT2D eigenvalue weighted by Gasteiger charge is -2.29. The van der Waals surface area contributed by atoms with Crippen LogP contribution >= 0.6 is 11.8 Å². The van der Waals surface area contributed by atoms with Crippen LogP contribution in [-0.4, -0.2) is 34.6 Å². The van der Waals surface area contributed by atoms with Crippen LogP contribution < -0.4 is 5.32 Å². The van der Waals surface area contributed by atoms with E-state index in [0.717, 1.165) is 17.7 Å². The monoisotopic (exact) mass is 426 g/mol. The van der Waals surface area contributed by atoms with E-state index < -0.39 is 6.04 Å². The summed E-state index contributed by atoms with van der Waals surface area (Å²) in [6.07, 6.45) is 0.858. The van der Waals surface area contributed by atoms with Crippen molar-refractivity contribution < 1.29 is 9.59 Å². The van der Waals surface area contributed by atoms with E-state index in [1.54, 1.807) is 16.7 Å². The van der Waals surface area contributed by atoms with E-state index >= 15 is 0 Å². The quantitative estimate of drug-likeness (QED) is 0.590. The van der Waals surface area contributed by atoms with Gasteiger partial charge in [-0.15, -0.1) is 11.8 Å². The Balaban J connectivity index is 2.06. The van der Waals surface area contributed by atoms with Crippen LogP contribution in [-0.2, 0) is 21.9 Å². The Morgan fingerprint density at radius 1 is 1.00 bits per heavy atom. The van der Waals surface area contributed by atoms with Crippen LogP contribution in [0.2, 0.25) is 0 Å². The fourth-order valence-corrected chi connectivity index (χ4v) is 4.16. The first-order chi connectivity index (χ1) is 14.3. The lowest BCUT2D eigenvalue weighted by atomic mass is 10.1. The number of hydrogen-bond acceptors (Lipinski definition) is 3. The van der Waals surface area contributed by atoms with Crippen molar-refractivity contribution in [3.63, 3.8) is 0 Å². The van der Waals surface area contributed by atoms with Crippen molar-refractivity contribution in [1.82, 2.24) is 10.2 Å². The normalized spacial score (nSPS) is 12.8. The summed E-state index contributed by atoms with van der Waals surface area (Å²) in [5.41, 5.74) is 4.71. The number of benzene rings is 2. The maximum Gasteiger partial charge on any atom is 0.242 e. The molecule has 1 N–H and O–H groups in total. The Morgan fingerprint density at radius 3 is 2.23 bits per heavy atom. The minimum absolute atomic E-state index is 0.0139. The summed E-state index contributed by atoms with van der Waals surface area (Å²) in [4.78, 5) is 27.5. The molecule has 0 bridgehead atoms. The van der Waals surface area contributed by atoms with Gasteiger partial charge < -0.3 is 10.2 Å². The van der Waals surface area contributed by atoms with Gasteiger partial charge in [-0.1, -0.05) is 66.6 Å². The van der Waals surface area contributed by atoms with Gasteiger partial charge >= 0.3 is 0 Å². The molecule has 30 heavy (non-hydrogen) atoms. The highest BCUT2D eigenvalue weighted by molar-refractivity contribution is 7.99. The van der Waals surface area contributed by atoms with Crippen LogP contribution in [0.4, 0.5) is 0 Å². The first-order valence-corrected chi connectivity index (χ1v) is 11.7. The molecule has 0 saturated carbocycles. The molecule has 2 rings (SSSR count). The Bertz CT molecular complexity index is 818. The standard InChI is InChI=1S/C25H34N2O2S/c1-6-20(4)26-25(29)21(5)27(15-22-10-8-7-9-11-22)24(28)17-30-16-23-13-18(2)12-19(3)14-23/h7-14,20-21H,6,15-17H2,1-5H3,(H,26,29)/t20-,21-/m1/s1. The number of nitrogens with one attached hydrogen (secondary N) is 1. The Morgan fingerprint density at radius 2 is 1.63 bits per heavy atom. The van der Waals surface area contributed by atoms with Gasteiger partial charge in [0.25, 0.3) is 0 Å². The maximum atomic E-state index is 13.1. The van der Waals surface area contributed by atoms with Gasteiger partial charge in [0.2, 0.25) is 11.8 Å². The van der Waals surface area contributed by atoms with Crippen molar-refractivity contribution in [2.24, 2.45) is 0 Å². The van der Waals surface area contributed by atoms with E-state index in [2.05, 4.69) is 37.4 Å². The van der Waals surface area contributed by atoms with Gasteiger partial charge in [-0.2, -0.15) is 0 Å². The second-order valence-electron chi connectivity index (χ2n) is 7.99. The summed E-state index contributed by atoms with van der Waals surface area (Å²) in [6, 6.07) is 15.9. The molecule has 2 amide bonds. The fourth-order valence-electron chi connectivity index (χ4n) is 3.32. The van der Waals surface area contributed by atoms with Crippen LogP contribution in [0.15, 0.2) is 48.5 Å². The Hall–Kier alpha value is -2.27. The predicted octanol–water partition coefficient (Wildman–Crippen LogP) is 4.87. The smallest absolute Gasteiger partial charge is 0.242 e. The summed E-state index contributed by atoms with van der Waals surface area (Å²) in [5, 5.41) is 3.01. The predicted molar refractivity (Wildman–Crippen MR) is 126 cm³/mol. The molecule has 4 nitrogen and oxygen atoms in total. The zero-order valence-corrected chi connectivity index (χ0v) is 19.6. The van der Waals surface area contributed by atoms with E-state index in [-0.39, 0.29) is 17.9 Å². The molecule has 0 saturated heterocycles. The molecule has 0 aromatic heterocycles. The summed E-state index contributed by atoms with van der Waals surface area (Å²) in [7, 11) is 0. The summed E-state index contributed by atoms with van der Waals surface area (Å²) in [6.45, 7) is 10.4. The number of rotatable bonds is 10. The summed E-state index contributed by atoms with van der Waals surface area (Å²) >= 11 is 1.60. The molecule has 5 heteroatoms. The minimum Gasteiger partial charge on any atom is -0.352 e. The highest BCUT2D eigenvalue weighted by atomic mass is 32.2. The molecule has 0 aliphatic rings. The van der Waals surface area contributed by atoms with Crippen molar-refractivity contribution in [2.45, 2.75) is 65.4 Å². The SMILES string of the molecule is CC[C@@H](C)NC(=O)[C@@H](C)N(Cc1ccccc1)C(=O)CSCc1cc(C)cc(C)c1. The topological polar surface area (TPSA) is 49.4 Å². The van der Waals surface area contributed by atoms with E-state index in [1.165, 1.54) is 16.7 Å². The molecule has 0 heterocycles. The molecule has 0 aliphatic heterocycles. The molecular formula is C25H34N2O2S. The largest absolute Gasteiger partial charge is 0.352 e. The van der Waals surface area contributed by atoms with Crippen molar-refractivity contribution in [1.29, 1.82) is 0 Å². The number of amides is 2. The second-order valence-corrected chi connectivity index (χ2v) is 8.98. The number of carbonyl (C=O) groups excluding carboxylic acids is 2. The van der Waals surface area contributed by atoms with Crippen molar-refractivity contribution in [3.8, 4) is 0 Å². The highest BCUT2D eigenvalue weighted by Gasteiger charge is 2.26. The first kappa shape index (κ1) is 24.0. The number of hydrogen-bond donors (Lipinski definition) is 1. The van der Waals surface area contributed by atoms with Gasteiger partial charge in [-0.3, -0.25) is 9.59 Å². The van der Waals surface area contributed by atoms with Crippen molar-refractivity contribution in [3.05, 3.63) is 70.8 Å². The van der Waals surface area contributed by atoms with E-state index in [4.69, 9.17) is 0 Å². The molecule has 2 aromatic rings. The zero-order valence-electron chi connectivity index (χ0n) is 18.8. The number of thioether (sulfide) groups is 1. The lowest BCUT2D eigenvalue weighted by Crippen LogP contribution is -2.50. The third-order valence-corrected chi connectivity index (χ3v) is 6.13. The summed E-state index contributed by atoms with van der Waals surface area (Å²) in [5.74, 6) is 1.01. The molecule has 0 unspecified atom stereocenters. The van der Waals surface area contributed by atoms with E-state index in [0.29, 0.717) is 12.3 Å². The molecule has 162 valence electrons. The van der Waals surface area contributed by atoms with Crippen LogP contribution in [0.25, 0.3) is 0 Å². The third-order valence-electron chi connectivity index (χ3n) is 5.14. The average molecular weight is 427 g/mol. The van der Waals surface area contributed by atoms with Gasteiger partial charge in [0.05, 0.1) is 5.75 Å². The molecular weight excluding hydrogens is 392 g/mol. The number of carbonyl (C=O) groups is 2. The third kappa shape index (κ3) is 7.52. The van der Waals surface area contributed by atoms with Crippen molar-refractivity contribution >= 4 is 23.6 Å². The van der Waals surface area contributed by atoms with Crippen LogP contribution in [0.1, 0.15) is 49.4 Å². The van der Waals surface area contributed by atoms with E-state index in [1.807, 2.05) is 51.1 Å². The number of nitrogens with zero attached hydrogens (tertiary/aromatic N) is 1. The van der Waals surface area contributed by atoms with Gasteiger partial charge in [0.1, 0.15) is 6.04 Å². The molecule has 0 aliphatic carbocycles. The molecule has 0 fully saturated rings. The van der Waals surface area contributed by atoms with Crippen LogP contribution in [0.3, 0.4) is 0 Å². The molecule has 0 radical (unpaired) electrons. The first-order valence-electron chi connectivity index (χ1n) is 10.6. The van der Waals surface area contributed by atoms with Gasteiger partial charge in [0, 0.05) is 18.3 Å². The van der Waals surface area contributed by atoms with Gasteiger partial charge in [0.15, 0.2) is 0 Å². The van der Waals surface area contributed by atoms with Gasteiger partial charge in [-0.25, -0.2) is 0 Å².